The summed E-state index contributed by atoms with van der Waals surface area (Å²) in [6.07, 6.45) is 0.588. The van der Waals surface area contributed by atoms with E-state index in [0.717, 1.165) is 0 Å². The van der Waals surface area contributed by atoms with Crippen molar-refractivity contribution in [2.75, 3.05) is 13.6 Å². The van der Waals surface area contributed by atoms with Crippen LogP contribution in [-0.2, 0) is 4.79 Å². The quantitative estimate of drug-likeness (QED) is 0.303. The summed E-state index contributed by atoms with van der Waals surface area (Å²) < 4.78 is 0. The van der Waals surface area contributed by atoms with Crippen LogP contribution < -0.4 is 5.32 Å². The fourth-order valence-electron chi connectivity index (χ4n) is 0.345. The van der Waals surface area contributed by atoms with Gasteiger partial charge in [0, 0.05) is 13.6 Å². The molecule has 0 rings (SSSR count). The fourth-order valence-corrected chi connectivity index (χ4v) is 0.345. The van der Waals surface area contributed by atoms with Crippen LogP contribution in [0.5, 0.6) is 0 Å². The fraction of sp³-hybridized carbons (Fsp3) is 0.600. The molecule has 0 unspecified atom stereocenters. The standard InChI is InChI=1S/C5H11N3O/c1-3-7-5(6)8(2)4-9/h4H,3H2,1-2H3,(H2,6,7). The van der Waals surface area contributed by atoms with Crippen LogP contribution >= 0.6 is 0 Å². The van der Waals surface area contributed by atoms with Crippen molar-refractivity contribution in [3.8, 4) is 0 Å². The van der Waals surface area contributed by atoms with Gasteiger partial charge in [-0.05, 0) is 6.92 Å². The Morgan fingerprint density at radius 3 is 2.78 bits per heavy atom. The molecule has 0 spiro atoms. The number of hydrogen-bond donors (Lipinski definition) is 2. The van der Waals surface area contributed by atoms with E-state index in [9.17, 15) is 4.79 Å². The van der Waals surface area contributed by atoms with Crippen molar-refractivity contribution in [1.29, 1.82) is 5.41 Å². The molecule has 0 fully saturated rings. The van der Waals surface area contributed by atoms with E-state index in [2.05, 4.69) is 5.32 Å². The lowest BCUT2D eigenvalue weighted by Crippen LogP contribution is -2.36. The molecule has 0 aliphatic heterocycles. The summed E-state index contributed by atoms with van der Waals surface area (Å²) in [7, 11) is 1.53. The number of nitrogens with one attached hydrogen (secondary N) is 2. The molecule has 0 saturated heterocycles. The van der Waals surface area contributed by atoms with Crippen LogP contribution in [0.15, 0.2) is 0 Å². The number of amides is 1. The molecule has 4 nitrogen and oxygen atoms in total. The van der Waals surface area contributed by atoms with E-state index in [1.807, 2.05) is 6.92 Å². The second kappa shape index (κ2) is 3.88. The van der Waals surface area contributed by atoms with Gasteiger partial charge in [0.15, 0.2) is 5.96 Å². The lowest BCUT2D eigenvalue weighted by atomic mass is 10.7. The highest BCUT2D eigenvalue weighted by Crippen LogP contribution is 1.72. The number of rotatable bonds is 2. The normalized spacial score (nSPS) is 8.22. The highest BCUT2D eigenvalue weighted by atomic mass is 16.1. The summed E-state index contributed by atoms with van der Waals surface area (Å²) in [5, 5.41) is 9.75. The molecule has 9 heavy (non-hydrogen) atoms. The van der Waals surface area contributed by atoms with E-state index >= 15 is 0 Å². The van der Waals surface area contributed by atoms with Crippen molar-refractivity contribution in [2.45, 2.75) is 6.92 Å². The second-order valence-corrected chi connectivity index (χ2v) is 1.60. The third-order valence-electron chi connectivity index (χ3n) is 0.855. The van der Waals surface area contributed by atoms with Gasteiger partial charge in [-0.25, -0.2) is 0 Å². The molecule has 0 aliphatic carbocycles. The maximum Gasteiger partial charge on any atom is 0.216 e. The van der Waals surface area contributed by atoms with Crippen LogP contribution in [0.3, 0.4) is 0 Å². The number of carbonyl (C=O) groups excluding carboxylic acids is 1. The number of hydrogen-bond acceptors (Lipinski definition) is 2. The highest BCUT2D eigenvalue weighted by molar-refractivity contribution is 5.85. The van der Waals surface area contributed by atoms with Gasteiger partial charge in [-0.1, -0.05) is 0 Å². The minimum atomic E-state index is 0.132. The number of guanidine groups is 1. The average Bonchev–Trinajstić information content (AvgIpc) is 1.87. The first kappa shape index (κ1) is 7.94. The van der Waals surface area contributed by atoms with Crippen molar-refractivity contribution in [2.24, 2.45) is 0 Å². The van der Waals surface area contributed by atoms with Gasteiger partial charge in [0.25, 0.3) is 0 Å². The van der Waals surface area contributed by atoms with Gasteiger partial charge < -0.3 is 5.32 Å². The molecule has 1 amide bonds. The molecule has 0 saturated carbocycles. The van der Waals surface area contributed by atoms with Gasteiger partial charge in [-0.3, -0.25) is 15.1 Å². The molecule has 52 valence electrons. The second-order valence-electron chi connectivity index (χ2n) is 1.60. The van der Waals surface area contributed by atoms with Crippen LogP contribution in [0, 0.1) is 5.41 Å². The smallest absolute Gasteiger partial charge is 0.216 e. The molecule has 2 N–H and O–H groups in total. The molecular formula is C5H11N3O. The van der Waals surface area contributed by atoms with Crippen molar-refractivity contribution < 1.29 is 4.79 Å². The van der Waals surface area contributed by atoms with Gasteiger partial charge in [0.1, 0.15) is 0 Å². The van der Waals surface area contributed by atoms with E-state index < -0.39 is 0 Å². The molecule has 0 bridgehead atoms. The lowest BCUT2D eigenvalue weighted by molar-refractivity contribution is -0.114. The highest BCUT2D eigenvalue weighted by Gasteiger charge is 1.97. The van der Waals surface area contributed by atoms with E-state index in [-0.39, 0.29) is 5.96 Å². The van der Waals surface area contributed by atoms with Gasteiger partial charge in [0.05, 0.1) is 0 Å². The Morgan fingerprint density at radius 1 is 1.89 bits per heavy atom. The first-order valence-corrected chi connectivity index (χ1v) is 2.73. The molecule has 4 heteroatoms. The van der Waals surface area contributed by atoms with Crippen molar-refractivity contribution in [3.05, 3.63) is 0 Å². The van der Waals surface area contributed by atoms with E-state index in [1.165, 1.54) is 11.9 Å². The predicted octanol–water partition coefficient (Wildman–Crippen LogP) is -0.381. The Balaban J connectivity index is 3.58. The first-order valence-electron chi connectivity index (χ1n) is 2.73. The zero-order valence-electron chi connectivity index (χ0n) is 5.64. The summed E-state index contributed by atoms with van der Waals surface area (Å²) in [5.74, 6) is 0.132. The molecule has 0 aliphatic rings. The third kappa shape index (κ3) is 2.69. The van der Waals surface area contributed by atoms with Crippen LogP contribution in [0.2, 0.25) is 0 Å². The summed E-state index contributed by atoms with van der Waals surface area (Å²) in [6.45, 7) is 2.53. The molecule has 0 atom stereocenters. The summed E-state index contributed by atoms with van der Waals surface area (Å²) in [5.41, 5.74) is 0. The Morgan fingerprint density at radius 2 is 2.44 bits per heavy atom. The van der Waals surface area contributed by atoms with Crippen LogP contribution in [0.25, 0.3) is 0 Å². The topological polar surface area (TPSA) is 56.2 Å². The number of carbonyl (C=O) groups is 1. The average molecular weight is 129 g/mol. The Labute approximate surface area is 54.4 Å². The van der Waals surface area contributed by atoms with Gasteiger partial charge in [0.2, 0.25) is 6.41 Å². The van der Waals surface area contributed by atoms with Crippen molar-refractivity contribution >= 4 is 12.4 Å². The molecule has 0 aromatic carbocycles. The first-order chi connectivity index (χ1) is 4.22. The minimum Gasteiger partial charge on any atom is -0.356 e. The largest absolute Gasteiger partial charge is 0.356 e. The van der Waals surface area contributed by atoms with Gasteiger partial charge in [-0.15, -0.1) is 0 Å². The van der Waals surface area contributed by atoms with Crippen LogP contribution in [-0.4, -0.2) is 30.9 Å². The van der Waals surface area contributed by atoms with Gasteiger partial charge in [-0.2, -0.15) is 0 Å². The zero-order valence-corrected chi connectivity index (χ0v) is 5.64. The lowest BCUT2D eigenvalue weighted by Gasteiger charge is -2.11. The summed E-state index contributed by atoms with van der Waals surface area (Å²) >= 11 is 0. The van der Waals surface area contributed by atoms with Crippen LogP contribution in [0.1, 0.15) is 6.92 Å². The summed E-state index contributed by atoms with van der Waals surface area (Å²) in [6, 6.07) is 0. The predicted molar refractivity (Wildman–Crippen MR) is 35.2 cm³/mol. The maximum absolute atomic E-state index is 9.97. The Hall–Kier alpha value is -1.06. The SMILES string of the molecule is CCNC(=N)N(C)C=O. The van der Waals surface area contributed by atoms with E-state index in [4.69, 9.17) is 5.41 Å². The van der Waals surface area contributed by atoms with Crippen LogP contribution in [0.4, 0.5) is 0 Å². The molecule has 0 radical (unpaired) electrons. The Kier molecular flexibility index (Phi) is 3.43. The monoisotopic (exact) mass is 129 g/mol. The molecular weight excluding hydrogens is 118 g/mol. The molecule has 0 aromatic rings. The van der Waals surface area contributed by atoms with E-state index in [0.29, 0.717) is 13.0 Å². The maximum atomic E-state index is 9.97. The molecule has 0 aromatic heterocycles. The zero-order chi connectivity index (χ0) is 7.28. The van der Waals surface area contributed by atoms with E-state index in [1.54, 1.807) is 0 Å². The van der Waals surface area contributed by atoms with Gasteiger partial charge >= 0.3 is 0 Å². The minimum absolute atomic E-state index is 0.132. The van der Waals surface area contributed by atoms with Crippen molar-refractivity contribution in [1.82, 2.24) is 10.2 Å². The Bertz CT molecular complexity index is 113. The number of nitrogens with zero attached hydrogens (tertiary/aromatic N) is 1. The summed E-state index contributed by atoms with van der Waals surface area (Å²) in [4.78, 5) is 11.1. The molecule has 0 heterocycles. The third-order valence-corrected chi connectivity index (χ3v) is 0.855. The van der Waals surface area contributed by atoms with Crippen molar-refractivity contribution in [3.63, 3.8) is 0 Å².